The third-order valence-corrected chi connectivity index (χ3v) is 4.28. The first-order valence-corrected chi connectivity index (χ1v) is 8.42. The number of aliphatic hydroxyl groups excluding tert-OH is 1. The van der Waals surface area contributed by atoms with Crippen molar-refractivity contribution in [3.05, 3.63) is 47.0 Å². The first-order valence-electron chi connectivity index (χ1n) is 8.04. The van der Waals surface area contributed by atoms with E-state index in [1.807, 2.05) is 0 Å². The van der Waals surface area contributed by atoms with Crippen molar-refractivity contribution in [3.63, 3.8) is 0 Å². The molecule has 0 aromatic heterocycles. The van der Waals surface area contributed by atoms with Crippen molar-refractivity contribution in [2.24, 2.45) is 0 Å². The predicted octanol–water partition coefficient (Wildman–Crippen LogP) is 6.44. The van der Waals surface area contributed by atoms with Gasteiger partial charge in [-0.2, -0.15) is 48.3 Å². The Labute approximate surface area is 173 Å². The van der Waals surface area contributed by atoms with Gasteiger partial charge in [0.1, 0.15) is 6.61 Å². The third-order valence-electron chi connectivity index (χ3n) is 3.94. The zero-order valence-electron chi connectivity index (χ0n) is 15.1. The van der Waals surface area contributed by atoms with E-state index in [1.165, 1.54) is 24.3 Å². The van der Waals surface area contributed by atoms with Gasteiger partial charge in [-0.3, -0.25) is 0 Å². The molecule has 1 N–H and O–H groups in total. The Morgan fingerprint density at radius 2 is 1.42 bits per heavy atom. The van der Waals surface area contributed by atoms with Gasteiger partial charge in [-0.15, -0.1) is 0 Å². The highest BCUT2D eigenvalue weighted by Gasteiger charge is 2.87. The zero-order chi connectivity index (χ0) is 24.5. The lowest BCUT2D eigenvalue weighted by atomic mass is 9.98. The van der Waals surface area contributed by atoms with Crippen molar-refractivity contribution < 1.29 is 58.1 Å². The van der Waals surface area contributed by atoms with Crippen LogP contribution in [0.15, 0.2) is 36.4 Å². The lowest BCUT2D eigenvalue weighted by Crippen LogP contribution is -2.67. The fraction of sp³-hybridized carbons (Fsp3) is 0.529. The fourth-order valence-electron chi connectivity index (χ4n) is 2.21. The van der Waals surface area contributed by atoms with Crippen molar-refractivity contribution in [1.29, 1.82) is 0 Å². The van der Waals surface area contributed by atoms with Crippen molar-refractivity contribution >= 4 is 11.6 Å². The summed E-state index contributed by atoms with van der Waals surface area (Å²) < 4.78 is 146. The van der Waals surface area contributed by atoms with Crippen LogP contribution in [0.3, 0.4) is 0 Å². The molecular weight excluding hydrogens is 481 g/mol. The van der Waals surface area contributed by atoms with E-state index in [-0.39, 0.29) is 16.2 Å². The molecule has 0 saturated carbocycles. The highest BCUT2D eigenvalue weighted by molar-refractivity contribution is 6.31. The van der Waals surface area contributed by atoms with Gasteiger partial charge in [0.25, 0.3) is 0 Å². The maximum absolute atomic E-state index is 13.5. The first-order chi connectivity index (χ1) is 13.8. The Kier molecular flexibility index (Phi) is 8.05. The molecule has 0 heterocycles. The second-order valence-electron chi connectivity index (χ2n) is 6.41. The summed E-state index contributed by atoms with van der Waals surface area (Å²) in [5.74, 6) is -28.2. The van der Waals surface area contributed by atoms with Crippen LogP contribution in [0.5, 0.6) is 0 Å². The summed E-state index contributed by atoms with van der Waals surface area (Å²) in [6.45, 7) is -0.393. The van der Waals surface area contributed by atoms with Crippen molar-refractivity contribution in [2.45, 2.75) is 42.4 Å². The van der Waals surface area contributed by atoms with Crippen LogP contribution >= 0.6 is 11.6 Å². The lowest BCUT2D eigenvalue weighted by molar-refractivity contribution is -0.424. The lowest BCUT2D eigenvalue weighted by Gasteiger charge is -2.37. The highest BCUT2D eigenvalue weighted by atomic mass is 35.5. The molecule has 1 unspecified atom stereocenters. The topological polar surface area (TPSA) is 29.5 Å². The van der Waals surface area contributed by atoms with E-state index in [9.17, 15) is 53.4 Å². The second kappa shape index (κ2) is 9.10. The predicted molar refractivity (Wildman–Crippen MR) is 86.8 cm³/mol. The van der Waals surface area contributed by atoms with Crippen molar-refractivity contribution in [2.75, 3.05) is 13.2 Å². The Morgan fingerprint density at radius 3 is 1.90 bits per heavy atom. The van der Waals surface area contributed by atoms with E-state index in [2.05, 4.69) is 11.3 Å². The Bertz CT molecular complexity index is 778. The second-order valence-corrected chi connectivity index (χ2v) is 6.82. The standard InChI is InChI=1S/C17H14ClF11O2/c1-9(6-12(30)10-4-2-3-5-11(10)18)7-31-8-13(19,20)14(21,22)15(23,24)16(25,26)17(27,28)29/h2-5,12,30H,1,6-8H2. The van der Waals surface area contributed by atoms with Crippen LogP contribution in [0.1, 0.15) is 18.1 Å². The minimum Gasteiger partial charge on any atom is -0.388 e. The molecule has 0 spiro atoms. The van der Waals surface area contributed by atoms with E-state index in [0.717, 1.165) is 0 Å². The average Bonchev–Trinajstić information content (AvgIpc) is 2.60. The molecule has 0 aliphatic rings. The summed E-state index contributed by atoms with van der Waals surface area (Å²) in [4.78, 5) is 0. The fourth-order valence-corrected chi connectivity index (χ4v) is 2.47. The molecule has 0 fully saturated rings. The number of ether oxygens (including phenoxy) is 1. The van der Waals surface area contributed by atoms with Crippen LogP contribution in [0.25, 0.3) is 0 Å². The summed E-state index contributed by atoms with van der Waals surface area (Å²) >= 11 is 5.81. The summed E-state index contributed by atoms with van der Waals surface area (Å²) in [7, 11) is 0. The van der Waals surface area contributed by atoms with Gasteiger partial charge in [0.2, 0.25) is 0 Å². The van der Waals surface area contributed by atoms with Crippen LogP contribution in [-0.4, -0.2) is 48.2 Å². The minimum atomic E-state index is -7.48. The van der Waals surface area contributed by atoms with Gasteiger partial charge >= 0.3 is 29.9 Å². The summed E-state index contributed by atoms with van der Waals surface area (Å²) in [5, 5.41) is 10.1. The zero-order valence-corrected chi connectivity index (χ0v) is 15.9. The number of hydrogen-bond acceptors (Lipinski definition) is 2. The minimum absolute atomic E-state index is 0.114. The van der Waals surface area contributed by atoms with Crippen LogP contribution in [-0.2, 0) is 4.74 Å². The van der Waals surface area contributed by atoms with Crippen molar-refractivity contribution in [1.82, 2.24) is 0 Å². The van der Waals surface area contributed by atoms with Gasteiger partial charge < -0.3 is 9.84 Å². The summed E-state index contributed by atoms with van der Waals surface area (Å²) in [6, 6.07) is 5.80. The van der Waals surface area contributed by atoms with Crippen LogP contribution < -0.4 is 0 Å². The van der Waals surface area contributed by atoms with E-state index in [1.54, 1.807) is 0 Å². The van der Waals surface area contributed by atoms with Crippen LogP contribution in [0.4, 0.5) is 48.3 Å². The van der Waals surface area contributed by atoms with Gasteiger partial charge in [-0.25, -0.2) is 0 Å². The normalized spacial score (nSPS) is 15.1. The molecule has 1 rings (SSSR count). The molecule has 1 aromatic rings. The van der Waals surface area contributed by atoms with Gasteiger partial charge in [0.05, 0.1) is 12.7 Å². The molecule has 0 radical (unpaired) electrons. The quantitative estimate of drug-likeness (QED) is 0.300. The Morgan fingerprint density at radius 1 is 0.903 bits per heavy atom. The van der Waals surface area contributed by atoms with Gasteiger partial charge in [-0.1, -0.05) is 36.4 Å². The molecule has 2 nitrogen and oxygen atoms in total. The summed E-state index contributed by atoms with van der Waals surface area (Å²) in [6.07, 6.45) is -8.98. The van der Waals surface area contributed by atoms with Gasteiger partial charge in [0, 0.05) is 11.4 Å². The molecule has 1 atom stereocenters. The highest BCUT2D eigenvalue weighted by Crippen LogP contribution is 2.57. The number of aliphatic hydroxyl groups is 1. The molecule has 178 valence electrons. The molecular formula is C17H14ClF11O2. The first kappa shape index (κ1) is 27.4. The number of halogens is 12. The number of benzene rings is 1. The average molecular weight is 495 g/mol. The van der Waals surface area contributed by atoms with Crippen LogP contribution in [0, 0.1) is 0 Å². The van der Waals surface area contributed by atoms with E-state index >= 15 is 0 Å². The van der Waals surface area contributed by atoms with Crippen molar-refractivity contribution in [3.8, 4) is 0 Å². The maximum atomic E-state index is 13.5. The Balaban J connectivity index is 2.81. The molecule has 14 heteroatoms. The number of rotatable bonds is 10. The van der Waals surface area contributed by atoms with E-state index in [0.29, 0.717) is 0 Å². The summed E-state index contributed by atoms with van der Waals surface area (Å²) in [5.41, 5.74) is -0.0462. The van der Waals surface area contributed by atoms with Crippen LogP contribution in [0.2, 0.25) is 5.02 Å². The van der Waals surface area contributed by atoms with Gasteiger partial charge in [-0.05, 0) is 17.2 Å². The molecule has 0 bridgehead atoms. The smallest absolute Gasteiger partial charge is 0.388 e. The SMILES string of the molecule is C=C(COCC(F)(F)C(F)(F)C(F)(F)C(F)(F)C(F)(F)F)CC(O)c1ccccc1Cl. The third kappa shape index (κ3) is 5.43. The molecule has 31 heavy (non-hydrogen) atoms. The Hall–Kier alpha value is -1.60. The number of hydrogen-bond donors (Lipinski definition) is 1. The largest absolute Gasteiger partial charge is 0.460 e. The molecule has 0 aliphatic heterocycles. The molecule has 0 aliphatic carbocycles. The van der Waals surface area contributed by atoms with E-state index < -0.39 is 55.6 Å². The monoisotopic (exact) mass is 494 g/mol. The molecule has 0 amide bonds. The molecule has 1 aromatic carbocycles. The van der Waals surface area contributed by atoms with Gasteiger partial charge in [0.15, 0.2) is 0 Å². The number of alkyl halides is 11. The molecule has 0 saturated heterocycles. The maximum Gasteiger partial charge on any atom is 0.460 e. The van der Waals surface area contributed by atoms with E-state index in [4.69, 9.17) is 11.6 Å².